The predicted molar refractivity (Wildman–Crippen MR) is 136 cm³/mol. The molecule has 4 N–H and O–H groups in total. The van der Waals surface area contributed by atoms with Crippen molar-refractivity contribution in [1.29, 1.82) is 5.53 Å². The molecule has 200 valence electrons. The van der Waals surface area contributed by atoms with Crippen LogP contribution in [0.4, 0.5) is 0 Å². The highest BCUT2D eigenvalue weighted by Gasteiger charge is 2.28. The first-order valence-electron chi connectivity index (χ1n) is 12.1. The predicted octanol–water partition coefficient (Wildman–Crippen LogP) is 1.59. The van der Waals surface area contributed by atoms with Gasteiger partial charge in [-0.3, -0.25) is 19.2 Å². The smallest absolute Gasteiger partial charge is 0.372 e. The molecule has 0 heterocycles. The Morgan fingerprint density at radius 2 is 1.70 bits per heavy atom. The first-order valence-corrected chi connectivity index (χ1v) is 12.1. The van der Waals surface area contributed by atoms with E-state index < -0.39 is 41.8 Å². The van der Waals surface area contributed by atoms with Gasteiger partial charge in [0.05, 0.1) is 16.4 Å². The van der Waals surface area contributed by atoms with Gasteiger partial charge in [0.15, 0.2) is 0 Å². The molecule has 1 rings (SSSR count). The van der Waals surface area contributed by atoms with E-state index in [-0.39, 0.29) is 25.2 Å². The van der Waals surface area contributed by atoms with Gasteiger partial charge in [-0.25, -0.2) is 4.79 Å². The Labute approximate surface area is 216 Å². The summed E-state index contributed by atoms with van der Waals surface area (Å²) in [5.74, 6) is -2.44. The lowest BCUT2D eigenvalue weighted by atomic mass is 10.1. The molecule has 0 aromatic heterocycles. The van der Waals surface area contributed by atoms with E-state index >= 15 is 0 Å². The van der Waals surface area contributed by atoms with Gasteiger partial charge in [0.2, 0.25) is 23.5 Å². The van der Waals surface area contributed by atoms with Gasteiger partial charge in [-0.15, -0.1) is 0 Å². The molecule has 11 heteroatoms. The molecule has 0 aliphatic rings. The minimum absolute atomic E-state index is 0.0563. The molecule has 11 nitrogen and oxygen atoms in total. The van der Waals surface area contributed by atoms with Crippen LogP contribution in [0.3, 0.4) is 0 Å². The standard InChI is InChI=1S/C26H35N5O6/c1-18(2)37-26(36)23(14-13-21(33)17-29-27)31-25(35)22(11-7-8-16-28-19(3)32)30-24(34)15-12-20-9-5-4-6-10-20/h4-6,9-10,12,15,17-18,22-23,27H,7-8,11,13-14,16H2,1-3H3,(H2-,28,30,31,32,34,35)/p+1/b15-12+/t22-,23-/m0/s1. The first-order chi connectivity index (χ1) is 17.6. The van der Waals surface area contributed by atoms with Crippen LogP contribution in [0.2, 0.25) is 0 Å². The number of rotatable bonds is 16. The highest BCUT2D eigenvalue weighted by atomic mass is 16.5. The Balaban J connectivity index is 2.94. The summed E-state index contributed by atoms with van der Waals surface area (Å²) in [5.41, 5.74) is 7.57. The molecule has 37 heavy (non-hydrogen) atoms. The molecule has 1 aromatic carbocycles. The lowest BCUT2D eigenvalue weighted by Gasteiger charge is -2.23. The van der Waals surface area contributed by atoms with Crippen LogP contribution < -0.4 is 16.0 Å². The SMILES string of the molecule is CC(=O)NCCCC[C@H](NC(=O)/C=C/c1ccccc1)C(=O)N[C@@H](CCC(=O)C=[N+]=N)C(=O)OC(C)C. The molecule has 0 unspecified atom stereocenters. The number of benzene rings is 1. The zero-order valence-electron chi connectivity index (χ0n) is 21.5. The molecule has 0 spiro atoms. The van der Waals surface area contributed by atoms with E-state index in [1.807, 2.05) is 30.3 Å². The Morgan fingerprint density at radius 1 is 1.00 bits per heavy atom. The first kappa shape index (κ1) is 30.9. The second-order valence-corrected chi connectivity index (χ2v) is 8.59. The number of carbonyl (C=O) groups excluding carboxylic acids is 5. The number of nitrogens with one attached hydrogen (secondary N) is 4. The Bertz CT molecular complexity index is 1000. The van der Waals surface area contributed by atoms with Crippen molar-refractivity contribution in [2.45, 2.75) is 71.1 Å². The van der Waals surface area contributed by atoms with E-state index in [1.165, 1.54) is 13.0 Å². The Morgan fingerprint density at radius 3 is 2.32 bits per heavy atom. The minimum atomic E-state index is -1.13. The van der Waals surface area contributed by atoms with Gasteiger partial charge in [-0.2, -0.15) is 0 Å². The van der Waals surface area contributed by atoms with Gasteiger partial charge in [-0.1, -0.05) is 30.3 Å². The number of amides is 3. The van der Waals surface area contributed by atoms with Crippen LogP contribution >= 0.6 is 0 Å². The fourth-order valence-electron chi connectivity index (χ4n) is 3.22. The van der Waals surface area contributed by atoms with Crippen LogP contribution in [0.25, 0.3) is 6.08 Å². The van der Waals surface area contributed by atoms with Crippen molar-refractivity contribution in [2.24, 2.45) is 0 Å². The van der Waals surface area contributed by atoms with Gasteiger partial charge in [0, 0.05) is 26.0 Å². The summed E-state index contributed by atoms with van der Waals surface area (Å²) >= 11 is 0. The number of Topliss-reactive ketones (excluding diaryl/α,β-unsaturated/α-hetero) is 1. The largest absolute Gasteiger partial charge is 0.461 e. The number of esters is 1. The van der Waals surface area contributed by atoms with Crippen molar-refractivity contribution < 1.29 is 33.5 Å². The maximum absolute atomic E-state index is 13.1. The molecular weight excluding hydrogens is 478 g/mol. The van der Waals surface area contributed by atoms with Gasteiger partial charge < -0.3 is 20.7 Å². The van der Waals surface area contributed by atoms with E-state index in [9.17, 15) is 24.0 Å². The summed E-state index contributed by atoms with van der Waals surface area (Å²) in [5, 5.41) is 7.93. The number of ether oxygens (including phenoxy) is 1. The number of ketones is 1. The van der Waals surface area contributed by atoms with E-state index in [1.54, 1.807) is 19.9 Å². The minimum Gasteiger partial charge on any atom is -0.461 e. The quantitative estimate of drug-likeness (QED) is 0.0652. The summed E-state index contributed by atoms with van der Waals surface area (Å²) in [7, 11) is 0. The van der Waals surface area contributed by atoms with Crippen LogP contribution in [0.15, 0.2) is 36.4 Å². The number of hydrogen-bond acceptors (Lipinski definition) is 7. The highest BCUT2D eigenvalue weighted by Crippen LogP contribution is 2.07. The highest BCUT2D eigenvalue weighted by molar-refractivity contribution is 6.25. The third kappa shape index (κ3) is 14.1. The van der Waals surface area contributed by atoms with Gasteiger partial charge in [0.1, 0.15) is 12.1 Å². The lowest BCUT2D eigenvalue weighted by Crippen LogP contribution is -2.52. The van der Waals surface area contributed by atoms with Gasteiger partial charge in [-0.05, 0) is 51.2 Å². The number of hydrogen-bond donors (Lipinski definition) is 4. The molecule has 0 radical (unpaired) electrons. The molecule has 0 aliphatic carbocycles. The number of nitrogens with zero attached hydrogens (tertiary/aromatic N) is 1. The van der Waals surface area contributed by atoms with E-state index in [0.29, 0.717) is 19.4 Å². The van der Waals surface area contributed by atoms with E-state index in [2.05, 4.69) is 20.7 Å². The third-order valence-corrected chi connectivity index (χ3v) is 4.99. The normalized spacial score (nSPS) is 12.2. The molecule has 0 aliphatic heterocycles. The van der Waals surface area contributed by atoms with Crippen molar-refractivity contribution in [1.82, 2.24) is 16.0 Å². The topological polar surface area (TPSA) is 169 Å². The zero-order valence-corrected chi connectivity index (χ0v) is 21.5. The van der Waals surface area contributed by atoms with Gasteiger partial charge >= 0.3 is 12.2 Å². The van der Waals surface area contributed by atoms with Crippen LogP contribution in [0.5, 0.6) is 0 Å². The molecule has 1 aromatic rings. The van der Waals surface area contributed by atoms with Crippen LogP contribution in [0, 0.1) is 5.53 Å². The average Bonchev–Trinajstić information content (AvgIpc) is 2.84. The summed E-state index contributed by atoms with van der Waals surface area (Å²) < 4.78 is 5.22. The van der Waals surface area contributed by atoms with Crippen molar-refractivity contribution in [3.8, 4) is 0 Å². The maximum atomic E-state index is 13.1. The molecule has 3 amide bonds. The summed E-state index contributed by atoms with van der Waals surface area (Å²) in [4.78, 5) is 64.0. The Hall–Kier alpha value is -4.11. The van der Waals surface area contributed by atoms with Crippen molar-refractivity contribution in [2.75, 3.05) is 6.54 Å². The van der Waals surface area contributed by atoms with E-state index in [0.717, 1.165) is 11.8 Å². The van der Waals surface area contributed by atoms with Crippen molar-refractivity contribution >= 4 is 41.8 Å². The Kier molecular flexibility index (Phi) is 14.5. The third-order valence-electron chi connectivity index (χ3n) is 4.99. The summed E-state index contributed by atoms with van der Waals surface area (Å²) in [6.07, 6.45) is 4.48. The second kappa shape index (κ2) is 17.3. The molecular formula is C26H36N5O6+. The molecule has 2 atom stereocenters. The number of carbonyl (C=O) groups is 5. The second-order valence-electron chi connectivity index (χ2n) is 8.59. The zero-order chi connectivity index (χ0) is 27.6. The fraction of sp³-hybridized carbons (Fsp3) is 0.462. The molecule has 0 saturated carbocycles. The van der Waals surface area contributed by atoms with Crippen molar-refractivity contribution in [3.63, 3.8) is 0 Å². The molecule has 0 bridgehead atoms. The number of unbranched alkanes of at least 4 members (excludes halogenated alkanes) is 1. The lowest BCUT2D eigenvalue weighted by molar-refractivity contribution is -0.152. The molecule has 0 fully saturated rings. The average molecular weight is 515 g/mol. The summed E-state index contributed by atoms with van der Waals surface area (Å²) in [6, 6.07) is 7.08. The fourth-order valence-corrected chi connectivity index (χ4v) is 3.22. The molecule has 0 saturated heterocycles. The maximum Gasteiger partial charge on any atom is 0.372 e. The van der Waals surface area contributed by atoms with Crippen molar-refractivity contribution in [3.05, 3.63) is 42.0 Å². The monoisotopic (exact) mass is 514 g/mol. The van der Waals surface area contributed by atoms with Crippen LogP contribution in [-0.2, 0) is 28.7 Å². The van der Waals surface area contributed by atoms with Crippen LogP contribution in [0.1, 0.15) is 58.4 Å². The van der Waals surface area contributed by atoms with Gasteiger partial charge in [0.25, 0.3) is 0 Å². The summed E-state index contributed by atoms with van der Waals surface area (Å²) in [6.45, 7) is 5.15. The van der Waals surface area contributed by atoms with Crippen LogP contribution in [-0.4, -0.2) is 65.2 Å². The van der Waals surface area contributed by atoms with E-state index in [4.69, 9.17) is 10.3 Å².